The van der Waals surface area contributed by atoms with E-state index in [9.17, 15) is 4.79 Å². The van der Waals surface area contributed by atoms with Crippen LogP contribution in [0.1, 0.15) is 30.1 Å². The molecule has 0 saturated carbocycles. The topological polar surface area (TPSA) is 53.6 Å². The Morgan fingerprint density at radius 2 is 1.78 bits per heavy atom. The lowest BCUT2D eigenvalue weighted by Crippen LogP contribution is -2.47. The van der Waals surface area contributed by atoms with Crippen LogP contribution in [0.3, 0.4) is 0 Å². The van der Waals surface area contributed by atoms with Gasteiger partial charge >= 0.3 is 0 Å². The average Bonchev–Trinajstić information content (AvgIpc) is 2.71. The zero-order valence-corrected chi connectivity index (χ0v) is 16.3. The van der Waals surface area contributed by atoms with Gasteiger partial charge in [0.25, 0.3) is 5.91 Å². The van der Waals surface area contributed by atoms with Gasteiger partial charge in [-0.05, 0) is 56.2 Å². The molecule has 3 rings (SSSR count). The molecule has 1 aliphatic rings. The Morgan fingerprint density at radius 3 is 2.48 bits per heavy atom. The first-order chi connectivity index (χ1) is 13.2. The van der Waals surface area contributed by atoms with Crippen LogP contribution in [-0.2, 0) is 0 Å². The number of para-hydroxylation sites is 2. The summed E-state index contributed by atoms with van der Waals surface area (Å²) in [6.45, 7) is 4.19. The highest BCUT2D eigenvalue weighted by molar-refractivity contribution is 7.80. The van der Waals surface area contributed by atoms with E-state index >= 15 is 0 Å². The first-order valence-electron chi connectivity index (χ1n) is 9.31. The molecule has 0 atom stereocenters. The van der Waals surface area contributed by atoms with Gasteiger partial charge in [-0.1, -0.05) is 30.3 Å². The lowest BCUT2D eigenvalue weighted by molar-refractivity contribution is 0.0922. The number of ether oxygens (including phenoxy) is 1. The first-order valence-corrected chi connectivity index (χ1v) is 9.72. The fourth-order valence-electron chi connectivity index (χ4n) is 3.13. The molecule has 1 aliphatic heterocycles. The van der Waals surface area contributed by atoms with Gasteiger partial charge in [0, 0.05) is 24.7 Å². The molecule has 0 aliphatic carbocycles. The molecule has 1 fully saturated rings. The van der Waals surface area contributed by atoms with Crippen LogP contribution in [0.15, 0.2) is 54.6 Å². The van der Waals surface area contributed by atoms with Crippen molar-refractivity contribution in [2.45, 2.75) is 25.8 Å². The van der Waals surface area contributed by atoms with Gasteiger partial charge in [-0.25, -0.2) is 0 Å². The van der Waals surface area contributed by atoms with Crippen molar-refractivity contribution in [3.8, 4) is 5.75 Å². The van der Waals surface area contributed by atoms with E-state index in [2.05, 4.69) is 15.5 Å². The zero-order valence-electron chi connectivity index (χ0n) is 15.5. The Labute approximate surface area is 165 Å². The third-order valence-electron chi connectivity index (χ3n) is 4.58. The number of nitrogens with one attached hydrogen (secondary N) is 2. The molecule has 0 spiro atoms. The number of benzene rings is 2. The summed E-state index contributed by atoms with van der Waals surface area (Å²) >= 11 is 5.57. The highest BCUT2D eigenvalue weighted by Crippen LogP contribution is 2.24. The normalized spacial score (nSPS) is 14.5. The van der Waals surface area contributed by atoms with E-state index in [-0.39, 0.29) is 11.9 Å². The molecule has 0 radical (unpaired) electrons. The Bertz CT molecular complexity index is 774. The summed E-state index contributed by atoms with van der Waals surface area (Å²) in [7, 11) is 0. The predicted octanol–water partition coefficient (Wildman–Crippen LogP) is 3.68. The number of likely N-dealkylation sites (tertiary alicyclic amines) is 1. The molecule has 142 valence electrons. The van der Waals surface area contributed by atoms with Gasteiger partial charge in [0.2, 0.25) is 0 Å². The van der Waals surface area contributed by atoms with E-state index in [0.717, 1.165) is 37.4 Å². The zero-order chi connectivity index (χ0) is 19.1. The maximum absolute atomic E-state index is 12.3. The molecule has 2 aromatic rings. The monoisotopic (exact) mass is 383 g/mol. The Hall–Kier alpha value is -2.60. The lowest BCUT2D eigenvalue weighted by Gasteiger charge is -2.34. The van der Waals surface area contributed by atoms with Gasteiger partial charge in [0.1, 0.15) is 5.75 Å². The third kappa shape index (κ3) is 5.20. The second kappa shape index (κ2) is 9.37. The number of piperidine rings is 1. The van der Waals surface area contributed by atoms with Gasteiger partial charge in [-0.3, -0.25) is 4.79 Å². The van der Waals surface area contributed by atoms with Crippen molar-refractivity contribution in [3.05, 3.63) is 60.2 Å². The number of hydrogen-bond donors (Lipinski definition) is 2. The second-order valence-corrected chi connectivity index (χ2v) is 6.85. The molecule has 6 heteroatoms. The van der Waals surface area contributed by atoms with E-state index in [1.807, 2.05) is 61.5 Å². The van der Waals surface area contributed by atoms with Crippen LogP contribution in [0.25, 0.3) is 0 Å². The Morgan fingerprint density at radius 1 is 1.11 bits per heavy atom. The number of thiocarbonyl (C=S) groups is 1. The molecule has 2 aromatic carbocycles. The van der Waals surface area contributed by atoms with Crippen molar-refractivity contribution in [2.24, 2.45) is 0 Å². The lowest BCUT2D eigenvalue weighted by atomic mass is 10.0. The van der Waals surface area contributed by atoms with Crippen molar-refractivity contribution >= 4 is 28.9 Å². The first kappa shape index (κ1) is 19.2. The Kier molecular flexibility index (Phi) is 6.65. The predicted molar refractivity (Wildman–Crippen MR) is 112 cm³/mol. The molecule has 2 N–H and O–H groups in total. The highest BCUT2D eigenvalue weighted by atomic mass is 32.1. The maximum Gasteiger partial charge on any atom is 0.251 e. The third-order valence-corrected chi connectivity index (χ3v) is 4.94. The van der Waals surface area contributed by atoms with Gasteiger partial charge in [0.05, 0.1) is 12.3 Å². The molecule has 0 bridgehead atoms. The Balaban J connectivity index is 1.50. The minimum absolute atomic E-state index is 0.0135. The van der Waals surface area contributed by atoms with E-state index in [1.54, 1.807) is 0 Å². The molecule has 1 heterocycles. The molecule has 0 aromatic heterocycles. The molecule has 0 unspecified atom stereocenters. The van der Waals surface area contributed by atoms with Crippen molar-refractivity contribution in [2.75, 3.05) is 25.0 Å². The van der Waals surface area contributed by atoms with E-state index in [0.29, 0.717) is 17.3 Å². The summed E-state index contributed by atoms with van der Waals surface area (Å²) in [5, 5.41) is 7.10. The van der Waals surface area contributed by atoms with Crippen molar-refractivity contribution in [1.82, 2.24) is 10.2 Å². The molecule has 1 saturated heterocycles. The largest absolute Gasteiger partial charge is 0.492 e. The summed E-state index contributed by atoms with van der Waals surface area (Å²) in [5.41, 5.74) is 1.58. The van der Waals surface area contributed by atoms with Crippen LogP contribution in [0.5, 0.6) is 5.75 Å². The molecule has 27 heavy (non-hydrogen) atoms. The van der Waals surface area contributed by atoms with Crippen molar-refractivity contribution in [3.63, 3.8) is 0 Å². The fraction of sp³-hybridized carbons (Fsp3) is 0.333. The van der Waals surface area contributed by atoms with Crippen LogP contribution < -0.4 is 15.4 Å². The average molecular weight is 384 g/mol. The van der Waals surface area contributed by atoms with Gasteiger partial charge in [-0.2, -0.15) is 0 Å². The SMILES string of the molecule is CCOc1ccccc1NC(=S)N1CCC(NC(=O)c2ccccc2)CC1. The van der Waals surface area contributed by atoms with E-state index < -0.39 is 0 Å². The van der Waals surface area contributed by atoms with Crippen LogP contribution >= 0.6 is 12.2 Å². The van der Waals surface area contributed by atoms with Crippen LogP contribution in [0, 0.1) is 0 Å². The van der Waals surface area contributed by atoms with Gasteiger partial charge < -0.3 is 20.3 Å². The summed E-state index contributed by atoms with van der Waals surface area (Å²) < 4.78 is 5.64. The van der Waals surface area contributed by atoms with Crippen molar-refractivity contribution < 1.29 is 9.53 Å². The fourth-order valence-corrected chi connectivity index (χ4v) is 3.42. The smallest absolute Gasteiger partial charge is 0.251 e. The molecular weight excluding hydrogens is 358 g/mol. The molecule has 5 nitrogen and oxygen atoms in total. The van der Waals surface area contributed by atoms with Crippen LogP contribution in [0.2, 0.25) is 0 Å². The minimum atomic E-state index is -0.0135. The number of amides is 1. The number of hydrogen-bond acceptors (Lipinski definition) is 3. The molecular formula is C21H25N3O2S. The number of nitrogens with zero attached hydrogens (tertiary/aromatic N) is 1. The minimum Gasteiger partial charge on any atom is -0.492 e. The quantitative estimate of drug-likeness (QED) is 0.772. The van der Waals surface area contributed by atoms with Gasteiger partial charge in [-0.15, -0.1) is 0 Å². The summed E-state index contributed by atoms with van der Waals surface area (Å²) in [5.74, 6) is 0.785. The number of rotatable bonds is 5. The van der Waals surface area contributed by atoms with Crippen LogP contribution in [-0.4, -0.2) is 41.7 Å². The number of carbonyl (C=O) groups excluding carboxylic acids is 1. The highest BCUT2D eigenvalue weighted by Gasteiger charge is 2.23. The van der Waals surface area contributed by atoms with Gasteiger partial charge in [0.15, 0.2) is 5.11 Å². The summed E-state index contributed by atoms with van der Waals surface area (Å²) in [6.07, 6.45) is 1.74. The standard InChI is InChI=1S/C21H25N3O2S/c1-2-26-19-11-7-6-10-18(19)23-21(27)24-14-12-17(13-15-24)22-20(25)16-8-4-3-5-9-16/h3-11,17H,2,12-15H2,1H3,(H,22,25)(H,23,27). The van der Waals surface area contributed by atoms with Crippen LogP contribution in [0.4, 0.5) is 5.69 Å². The number of anilines is 1. The van der Waals surface area contributed by atoms with Crippen molar-refractivity contribution in [1.29, 1.82) is 0 Å². The second-order valence-electron chi connectivity index (χ2n) is 6.46. The number of carbonyl (C=O) groups is 1. The van der Waals surface area contributed by atoms with E-state index in [1.165, 1.54) is 0 Å². The summed E-state index contributed by atoms with van der Waals surface area (Å²) in [4.78, 5) is 14.4. The summed E-state index contributed by atoms with van der Waals surface area (Å²) in [6, 6.07) is 17.3. The maximum atomic E-state index is 12.3. The van der Waals surface area contributed by atoms with E-state index in [4.69, 9.17) is 17.0 Å². The molecule has 1 amide bonds.